The quantitative estimate of drug-likeness (QED) is 0.856. The largest absolute Gasteiger partial charge is 0.304 e. The van der Waals surface area contributed by atoms with Gasteiger partial charge in [-0.3, -0.25) is 0 Å². The van der Waals surface area contributed by atoms with Gasteiger partial charge in [-0.15, -0.1) is 0 Å². The summed E-state index contributed by atoms with van der Waals surface area (Å²) in [5.74, 6) is -2.17. The van der Waals surface area contributed by atoms with E-state index in [0.717, 1.165) is 6.07 Å². The van der Waals surface area contributed by atoms with Crippen molar-refractivity contribution in [1.82, 2.24) is 5.32 Å². The highest BCUT2D eigenvalue weighted by Crippen LogP contribution is 2.29. The maximum atomic E-state index is 13.6. The topological polar surface area (TPSA) is 12.0 Å². The van der Waals surface area contributed by atoms with Gasteiger partial charge < -0.3 is 5.32 Å². The van der Waals surface area contributed by atoms with Gasteiger partial charge in [0.1, 0.15) is 5.82 Å². The molecule has 0 atom stereocenters. The summed E-state index contributed by atoms with van der Waals surface area (Å²) in [7, 11) is 0. The van der Waals surface area contributed by atoms with E-state index in [1.807, 2.05) is 13.8 Å². The van der Waals surface area contributed by atoms with Crippen LogP contribution in [0.25, 0.3) is 0 Å². The molecule has 2 rings (SSSR count). The van der Waals surface area contributed by atoms with Crippen LogP contribution >= 0.6 is 11.6 Å². The lowest BCUT2D eigenvalue weighted by atomic mass is 9.93. The van der Waals surface area contributed by atoms with Crippen molar-refractivity contribution in [2.24, 2.45) is 0 Å². The molecule has 1 nitrogen and oxygen atoms in total. The number of hydrogen-bond donors (Lipinski definition) is 1. The molecule has 0 aromatic heterocycles. The molecule has 0 spiro atoms. The fraction of sp³-hybridized carbons (Fsp3) is 0.250. The van der Waals surface area contributed by atoms with E-state index in [1.165, 1.54) is 24.3 Å². The van der Waals surface area contributed by atoms with Crippen molar-refractivity contribution in [2.75, 3.05) is 0 Å². The van der Waals surface area contributed by atoms with Crippen LogP contribution in [-0.4, -0.2) is 0 Å². The third-order valence-corrected chi connectivity index (χ3v) is 3.67. The van der Waals surface area contributed by atoms with Gasteiger partial charge in [0.2, 0.25) is 0 Å². The minimum Gasteiger partial charge on any atom is -0.304 e. The smallest absolute Gasteiger partial charge is 0.163 e. The van der Waals surface area contributed by atoms with E-state index >= 15 is 0 Å². The van der Waals surface area contributed by atoms with E-state index < -0.39 is 23.0 Å². The highest BCUT2D eigenvalue weighted by atomic mass is 35.5. The molecule has 0 aliphatic heterocycles. The average Bonchev–Trinajstić information content (AvgIpc) is 2.40. The third kappa shape index (κ3) is 3.57. The van der Waals surface area contributed by atoms with Gasteiger partial charge in [-0.05, 0) is 37.6 Å². The van der Waals surface area contributed by atoms with Crippen molar-refractivity contribution in [2.45, 2.75) is 25.9 Å². The first-order valence-corrected chi connectivity index (χ1v) is 6.82. The Kier molecular flexibility index (Phi) is 4.59. The molecule has 0 radical (unpaired) electrons. The van der Waals surface area contributed by atoms with Crippen LogP contribution in [0.3, 0.4) is 0 Å². The molecule has 21 heavy (non-hydrogen) atoms. The average molecular weight is 314 g/mol. The fourth-order valence-electron chi connectivity index (χ4n) is 2.09. The Bertz CT molecular complexity index is 656. The van der Waals surface area contributed by atoms with Crippen LogP contribution in [0, 0.1) is 17.5 Å². The summed E-state index contributed by atoms with van der Waals surface area (Å²) < 4.78 is 39.9. The van der Waals surface area contributed by atoms with Crippen molar-refractivity contribution in [1.29, 1.82) is 0 Å². The summed E-state index contributed by atoms with van der Waals surface area (Å²) in [6, 6.07) is 8.14. The molecule has 0 saturated heterocycles. The molecule has 0 aliphatic carbocycles. The predicted molar refractivity (Wildman–Crippen MR) is 77.6 cm³/mol. The summed E-state index contributed by atoms with van der Waals surface area (Å²) >= 11 is 6.04. The van der Waals surface area contributed by atoms with Crippen LogP contribution < -0.4 is 5.32 Å². The number of halogens is 4. The molecule has 0 saturated carbocycles. The molecule has 0 fully saturated rings. The van der Waals surface area contributed by atoms with Crippen LogP contribution in [0.4, 0.5) is 13.2 Å². The Labute approximate surface area is 126 Å². The van der Waals surface area contributed by atoms with Gasteiger partial charge in [0.25, 0.3) is 0 Å². The van der Waals surface area contributed by atoms with Crippen LogP contribution in [-0.2, 0) is 12.1 Å². The van der Waals surface area contributed by atoms with E-state index in [-0.39, 0.29) is 17.1 Å². The SMILES string of the molecule is CC(C)(NCc1cccc(F)c1F)c1ccc(F)cc1Cl. The summed E-state index contributed by atoms with van der Waals surface area (Å²) in [4.78, 5) is 0. The van der Waals surface area contributed by atoms with E-state index in [1.54, 1.807) is 6.07 Å². The van der Waals surface area contributed by atoms with Crippen LogP contribution in [0.1, 0.15) is 25.0 Å². The zero-order valence-corrected chi connectivity index (χ0v) is 12.4. The molecular weight excluding hydrogens is 299 g/mol. The molecule has 112 valence electrons. The van der Waals surface area contributed by atoms with Crippen LogP contribution in [0.2, 0.25) is 5.02 Å². The molecule has 0 unspecified atom stereocenters. The lowest BCUT2D eigenvalue weighted by Crippen LogP contribution is -2.36. The number of benzene rings is 2. The van der Waals surface area contributed by atoms with E-state index in [2.05, 4.69) is 5.32 Å². The van der Waals surface area contributed by atoms with Gasteiger partial charge in [0, 0.05) is 22.7 Å². The first-order chi connectivity index (χ1) is 9.81. The summed E-state index contributed by atoms with van der Waals surface area (Å²) in [6.45, 7) is 3.80. The molecule has 0 heterocycles. The second-order valence-electron chi connectivity index (χ2n) is 5.32. The molecule has 2 aromatic carbocycles. The molecule has 0 aliphatic rings. The fourth-order valence-corrected chi connectivity index (χ4v) is 2.50. The summed E-state index contributed by atoms with van der Waals surface area (Å²) in [6.07, 6.45) is 0. The van der Waals surface area contributed by atoms with Gasteiger partial charge in [-0.1, -0.05) is 29.8 Å². The van der Waals surface area contributed by atoms with Crippen molar-refractivity contribution in [3.8, 4) is 0 Å². The highest BCUT2D eigenvalue weighted by Gasteiger charge is 2.23. The zero-order valence-electron chi connectivity index (χ0n) is 11.7. The van der Waals surface area contributed by atoms with Gasteiger partial charge in [0.15, 0.2) is 11.6 Å². The highest BCUT2D eigenvalue weighted by molar-refractivity contribution is 6.31. The van der Waals surface area contributed by atoms with Crippen LogP contribution in [0.15, 0.2) is 36.4 Å². The molecule has 2 aromatic rings. The van der Waals surface area contributed by atoms with E-state index in [0.29, 0.717) is 5.56 Å². The summed E-state index contributed by atoms with van der Waals surface area (Å²) in [5.41, 5.74) is 0.285. The van der Waals surface area contributed by atoms with Gasteiger partial charge >= 0.3 is 0 Å². The molecule has 0 bridgehead atoms. The minimum atomic E-state index is -0.882. The molecule has 5 heteroatoms. The Morgan fingerprint density at radius 1 is 1.10 bits per heavy atom. The first kappa shape index (κ1) is 15.9. The summed E-state index contributed by atoms with van der Waals surface area (Å²) in [5, 5.41) is 3.39. The molecule has 1 N–H and O–H groups in total. The van der Waals surface area contributed by atoms with E-state index in [4.69, 9.17) is 11.6 Å². The van der Waals surface area contributed by atoms with Gasteiger partial charge in [0.05, 0.1) is 0 Å². The Hall–Kier alpha value is -1.52. The van der Waals surface area contributed by atoms with Crippen molar-refractivity contribution < 1.29 is 13.2 Å². The Morgan fingerprint density at radius 2 is 1.81 bits per heavy atom. The van der Waals surface area contributed by atoms with Crippen LogP contribution in [0.5, 0.6) is 0 Å². The molecule has 0 amide bonds. The number of nitrogens with one attached hydrogen (secondary N) is 1. The zero-order chi connectivity index (χ0) is 15.6. The molecular formula is C16H15ClF3N. The number of rotatable bonds is 4. The van der Waals surface area contributed by atoms with Gasteiger partial charge in [-0.25, -0.2) is 13.2 Å². The van der Waals surface area contributed by atoms with Crippen molar-refractivity contribution >= 4 is 11.6 Å². The standard InChI is InChI=1S/C16H15ClF3N/c1-16(2,12-7-6-11(18)8-13(12)17)21-9-10-4-3-5-14(19)15(10)20/h3-8,21H,9H2,1-2H3. The lowest BCUT2D eigenvalue weighted by molar-refractivity contribution is 0.392. The monoisotopic (exact) mass is 313 g/mol. The van der Waals surface area contributed by atoms with E-state index in [9.17, 15) is 13.2 Å². The predicted octanol–water partition coefficient (Wildman–Crippen LogP) is 4.78. The van der Waals surface area contributed by atoms with Crippen molar-refractivity contribution in [3.05, 3.63) is 70.0 Å². The maximum absolute atomic E-state index is 13.6. The Balaban J connectivity index is 2.19. The lowest BCUT2D eigenvalue weighted by Gasteiger charge is -2.28. The maximum Gasteiger partial charge on any atom is 0.163 e. The van der Waals surface area contributed by atoms with Gasteiger partial charge in [-0.2, -0.15) is 0 Å². The first-order valence-electron chi connectivity index (χ1n) is 6.45. The second kappa shape index (κ2) is 6.08. The normalized spacial score (nSPS) is 11.7. The Morgan fingerprint density at radius 3 is 2.48 bits per heavy atom. The number of hydrogen-bond acceptors (Lipinski definition) is 1. The minimum absolute atomic E-state index is 0.129. The van der Waals surface area contributed by atoms with Crippen molar-refractivity contribution in [3.63, 3.8) is 0 Å². The second-order valence-corrected chi connectivity index (χ2v) is 5.72. The third-order valence-electron chi connectivity index (χ3n) is 3.36.